The average molecular weight is 275 g/mol. The maximum Gasteiger partial charge on any atom is 0.341 e. The highest BCUT2D eigenvalue weighted by atomic mass is 16.5. The fourth-order valence-electron chi connectivity index (χ4n) is 2.02. The minimum absolute atomic E-state index is 0.149. The first kappa shape index (κ1) is 14.1. The number of aromatic carboxylic acids is 1. The first-order valence-corrected chi connectivity index (χ1v) is 6.62. The topological polar surface area (TPSA) is 72.6 Å². The summed E-state index contributed by atoms with van der Waals surface area (Å²) in [6.45, 7) is 4.46. The lowest BCUT2D eigenvalue weighted by Gasteiger charge is -2.03. The third kappa shape index (κ3) is 2.82. The molecule has 0 spiro atoms. The summed E-state index contributed by atoms with van der Waals surface area (Å²) in [5, 5.41) is 13.2. The summed E-state index contributed by atoms with van der Waals surface area (Å²) < 4.78 is 10.5. The van der Waals surface area contributed by atoms with Crippen LogP contribution in [-0.2, 0) is 6.42 Å². The molecule has 2 aromatic rings. The maximum absolute atomic E-state index is 11.4. The first-order chi connectivity index (χ1) is 9.67. The Bertz CT molecular complexity index is 586. The lowest BCUT2D eigenvalue weighted by Crippen LogP contribution is -2.01. The van der Waals surface area contributed by atoms with Crippen molar-refractivity contribution in [2.45, 2.75) is 26.7 Å². The second-order valence-corrected chi connectivity index (χ2v) is 4.34. The molecular weight excluding hydrogens is 258 g/mol. The van der Waals surface area contributed by atoms with Gasteiger partial charge in [-0.15, -0.1) is 0 Å². The number of aromatic nitrogens is 1. The average Bonchev–Trinajstić information content (AvgIpc) is 2.84. The van der Waals surface area contributed by atoms with Crippen LogP contribution >= 0.6 is 0 Å². The van der Waals surface area contributed by atoms with Crippen LogP contribution < -0.4 is 4.74 Å². The molecule has 0 aliphatic heterocycles. The predicted molar refractivity (Wildman–Crippen MR) is 74.1 cm³/mol. The molecule has 0 saturated carbocycles. The molecular formula is C15H17NO4. The molecule has 0 aliphatic rings. The molecule has 0 amide bonds. The van der Waals surface area contributed by atoms with E-state index in [1.54, 1.807) is 24.3 Å². The quantitative estimate of drug-likeness (QED) is 0.874. The lowest BCUT2D eigenvalue weighted by molar-refractivity contribution is 0.0695. The third-order valence-corrected chi connectivity index (χ3v) is 2.89. The van der Waals surface area contributed by atoms with Crippen molar-refractivity contribution in [3.8, 4) is 17.0 Å². The van der Waals surface area contributed by atoms with E-state index in [0.717, 1.165) is 12.2 Å². The molecule has 0 bridgehead atoms. The number of carboxylic acids is 1. The summed E-state index contributed by atoms with van der Waals surface area (Å²) in [7, 11) is 0. The number of benzene rings is 1. The van der Waals surface area contributed by atoms with Gasteiger partial charge in [-0.2, -0.15) is 0 Å². The third-order valence-electron chi connectivity index (χ3n) is 2.89. The largest absolute Gasteiger partial charge is 0.494 e. The standard InChI is InChI=1S/C15H17NO4/c1-3-5-12-13(15(17)18)14(16-20-12)10-6-8-11(9-7-10)19-4-2/h6-9H,3-5H2,1-2H3,(H,17,18). The number of ether oxygens (including phenoxy) is 1. The van der Waals surface area contributed by atoms with Crippen molar-refractivity contribution in [3.63, 3.8) is 0 Å². The molecule has 106 valence electrons. The molecule has 0 radical (unpaired) electrons. The van der Waals surface area contributed by atoms with Crippen LogP contribution in [0.25, 0.3) is 11.3 Å². The summed E-state index contributed by atoms with van der Waals surface area (Å²) >= 11 is 0. The second-order valence-electron chi connectivity index (χ2n) is 4.34. The number of carboxylic acid groups (broad SMARTS) is 1. The van der Waals surface area contributed by atoms with Crippen molar-refractivity contribution in [1.82, 2.24) is 5.16 Å². The Morgan fingerprint density at radius 3 is 2.55 bits per heavy atom. The Kier molecular flexibility index (Phi) is 4.40. The number of hydrogen-bond acceptors (Lipinski definition) is 4. The second kappa shape index (κ2) is 6.23. The molecule has 0 saturated heterocycles. The van der Waals surface area contributed by atoms with Crippen LogP contribution in [-0.4, -0.2) is 22.8 Å². The van der Waals surface area contributed by atoms with E-state index in [-0.39, 0.29) is 5.56 Å². The zero-order valence-electron chi connectivity index (χ0n) is 11.5. The number of aryl methyl sites for hydroxylation is 1. The van der Waals surface area contributed by atoms with Gasteiger partial charge in [0.1, 0.15) is 17.0 Å². The van der Waals surface area contributed by atoms with Crippen LogP contribution in [0.1, 0.15) is 36.4 Å². The molecule has 20 heavy (non-hydrogen) atoms. The van der Waals surface area contributed by atoms with Gasteiger partial charge >= 0.3 is 5.97 Å². The van der Waals surface area contributed by atoms with Crippen molar-refractivity contribution in [2.24, 2.45) is 0 Å². The highest BCUT2D eigenvalue weighted by Gasteiger charge is 2.22. The summed E-state index contributed by atoms with van der Waals surface area (Å²) in [4.78, 5) is 11.4. The van der Waals surface area contributed by atoms with Gasteiger partial charge < -0.3 is 14.4 Å². The molecule has 5 nitrogen and oxygen atoms in total. The van der Waals surface area contributed by atoms with Gasteiger partial charge in [-0.25, -0.2) is 4.79 Å². The zero-order valence-corrected chi connectivity index (χ0v) is 11.5. The van der Waals surface area contributed by atoms with Crippen molar-refractivity contribution >= 4 is 5.97 Å². The number of hydrogen-bond donors (Lipinski definition) is 1. The Hall–Kier alpha value is -2.30. The maximum atomic E-state index is 11.4. The minimum Gasteiger partial charge on any atom is -0.494 e. The van der Waals surface area contributed by atoms with Gasteiger partial charge in [0, 0.05) is 12.0 Å². The van der Waals surface area contributed by atoms with Gasteiger partial charge in [0.25, 0.3) is 0 Å². The van der Waals surface area contributed by atoms with Crippen LogP contribution in [0.3, 0.4) is 0 Å². The molecule has 1 heterocycles. The van der Waals surface area contributed by atoms with E-state index in [9.17, 15) is 9.90 Å². The smallest absolute Gasteiger partial charge is 0.341 e. The number of rotatable bonds is 6. The fourth-order valence-corrected chi connectivity index (χ4v) is 2.02. The Morgan fingerprint density at radius 2 is 2.00 bits per heavy atom. The van der Waals surface area contributed by atoms with Gasteiger partial charge in [0.2, 0.25) is 0 Å². The molecule has 1 N–H and O–H groups in total. The number of nitrogens with zero attached hydrogens (tertiary/aromatic N) is 1. The minimum atomic E-state index is -1.02. The highest BCUT2D eigenvalue weighted by molar-refractivity contribution is 5.95. The van der Waals surface area contributed by atoms with Gasteiger partial charge in [-0.05, 0) is 37.6 Å². The molecule has 0 unspecified atom stereocenters. The molecule has 1 aromatic heterocycles. The van der Waals surface area contributed by atoms with Crippen molar-refractivity contribution in [1.29, 1.82) is 0 Å². The highest BCUT2D eigenvalue weighted by Crippen LogP contribution is 2.28. The lowest BCUT2D eigenvalue weighted by atomic mass is 10.0. The van der Waals surface area contributed by atoms with Gasteiger partial charge in [0.15, 0.2) is 5.76 Å². The van der Waals surface area contributed by atoms with Crippen molar-refractivity contribution < 1.29 is 19.2 Å². The summed E-state index contributed by atoms with van der Waals surface area (Å²) in [5.74, 6) is 0.146. The monoisotopic (exact) mass is 275 g/mol. The first-order valence-electron chi connectivity index (χ1n) is 6.62. The van der Waals surface area contributed by atoms with Gasteiger partial charge in [-0.3, -0.25) is 0 Å². The van der Waals surface area contributed by atoms with E-state index in [2.05, 4.69) is 5.16 Å². The predicted octanol–water partition coefficient (Wildman–Crippen LogP) is 3.39. The molecule has 2 rings (SSSR count). The summed E-state index contributed by atoms with van der Waals surface area (Å²) in [6.07, 6.45) is 1.36. The van der Waals surface area contributed by atoms with Crippen LogP contribution in [0.5, 0.6) is 5.75 Å². The Morgan fingerprint density at radius 1 is 1.30 bits per heavy atom. The molecule has 0 aliphatic carbocycles. The normalized spacial score (nSPS) is 10.5. The Labute approximate surface area is 117 Å². The van der Waals surface area contributed by atoms with E-state index in [4.69, 9.17) is 9.26 Å². The van der Waals surface area contributed by atoms with Crippen LogP contribution in [0.15, 0.2) is 28.8 Å². The summed E-state index contributed by atoms with van der Waals surface area (Å²) in [5.41, 5.74) is 1.22. The van der Waals surface area contributed by atoms with E-state index < -0.39 is 5.97 Å². The zero-order chi connectivity index (χ0) is 14.5. The number of carbonyl (C=O) groups is 1. The van der Waals surface area contributed by atoms with Gasteiger partial charge in [0.05, 0.1) is 6.61 Å². The van der Waals surface area contributed by atoms with Crippen LogP contribution in [0.2, 0.25) is 0 Å². The van der Waals surface area contributed by atoms with Crippen molar-refractivity contribution in [2.75, 3.05) is 6.61 Å². The summed E-state index contributed by atoms with van der Waals surface area (Å²) in [6, 6.07) is 7.15. The van der Waals surface area contributed by atoms with E-state index in [1.165, 1.54) is 0 Å². The SMILES string of the molecule is CCCc1onc(-c2ccc(OCC)cc2)c1C(=O)O. The molecule has 5 heteroatoms. The Balaban J connectivity index is 2.39. The van der Waals surface area contributed by atoms with Crippen molar-refractivity contribution in [3.05, 3.63) is 35.6 Å². The van der Waals surface area contributed by atoms with E-state index in [0.29, 0.717) is 30.0 Å². The van der Waals surface area contributed by atoms with E-state index >= 15 is 0 Å². The van der Waals surface area contributed by atoms with E-state index in [1.807, 2.05) is 13.8 Å². The fraction of sp³-hybridized carbons (Fsp3) is 0.333. The molecule has 1 aromatic carbocycles. The molecule has 0 fully saturated rings. The van der Waals surface area contributed by atoms with Gasteiger partial charge in [-0.1, -0.05) is 12.1 Å². The molecule has 0 atom stereocenters. The van der Waals surface area contributed by atoms with Crippen LogP contribution in [0.4, 0.5) is 0 Å². The van der Waals surface area contributed by atoms with Crippen LogP contribution in [0, 0.1) is 0 Å².